The van der Waals surface area contributed by atoms with Crippen LogP contribution >= 0.6 is 0 Å². The molecule has 0 N–H and O–H groups in total. The molecule has 0 unspecified atom stereocenters. The smallest absolute Gasteiger partial charge is 0.303 e. The standard InChI is InChI=1S/C17H21NO7/c1-9(19)24-15-14(18(3)17(21)16(15)25-10(2)20)12-7-6-11(22-4)8-13(12)23-5/h6-8,14-16H,1-5H3/t14-,15+,16-/m1/s1. The summed E-state index contributed by atoms with van der Waals surface area (Å²) in [5, 5.41) is 0. The molecular weight excluding hydrogens is 330 g/mol. The summed E-state index contributed by atoms with van der Waals surface area (Å²) in [5.74, 6) is -0.629. The second kappa shape index (κ2) is 7.42. The van der Waals surface area contributed by atoms with Crippen LogP contribution in [0.5, 0.6) is 11.5 Å². The zero-order valence-corrected chi connectivity index (χ0v) is 14.8. The van der Waals surface area contributed by atoms with E-state index in [2.05, 4.69) is 0 Å². The highest BCUT2D eigenvalue weighted by molar-refractivity contribution is 5.87. The van der Waals surface area contributed by atoms with Gasteiger partial charge in [-0.2, -0.15) is 0 Å². The summed E-state index contributed by atoms with van der Waals surface area (Å²) in [6, 6.07) is 4.43. The molecule has 1 fully saturated rings. The number of carbonyl (C=O) groups is 3. The molecule has 1 aliphatic heterocycles. The highest BCUT2D eigenvalue weighted by atomic mass is 16.6. The predicted molar refractivity (Wildman–Crippen MR) is 86.2 cm³/mol. The largest absolute Gasteiger partial charge is 0.497 e. The highest BCUT2D eigenvalue weighted by Gasteiger charge is 2.52. The Labute approximate surface area is 145 Å². The number of benzene rings is 1. The van der Waals surface area contributed by atoms with Crippen molar-refractivity contribution >= 4 is 17.8 Å². The maximum absolute atomic E-state index is 12.5. The number of rotatable bonds is 5. The van der Waals surface area contributed by atoms with E-state index in [1.807, 2.05) is 0 Å². The Morgan fingerprint density at radius 2 is 1.68 bits per heavy atom. The molecule has 1 aliphatic rings. The third-order valence-corrected chi connectivity index (χ3v) is 3.97. The van der Waals surface area contributed by atoms with Crippen molar-refractivity contribution in [3.8, 4) is 11.5 Å². The molecule has 25 heavy (non-hydrogen) atoms. The quantitative estimate of drug-likeness (QED) is 0.733. The minimum atomic E-state index is -1.21. The van der Waals surface area contributed by atoms with Crippen molar-refractivity contribution in [1.82, 2.24) is 4.90 Å². The molecule has 0 aromatic heterocycles. The summed E-state index contributed by atoms with van der Waals surface area (Å²) in [6.45, 7) is 2.43. The zero-order valence-electron chi connectivity index (χ0n) is 14.8. The van der Waals surface area contributed by atoms with Gasteiger partial charge in [0.1, 0.15) is 17.5 Å². The van der Waals surface area contributed by atoms with Crippen LogP contribution in [-0.4, -0.2) is 56.2 Å². The van der Waals surface area contributed by atoms with Gasteiger partial charge in [-0.15, -0.1) is 0 Å². The Kier molecular flexibility index (Phi) is 5.51. The molecule has 8 heteroatoms. The fourth-order valence-electron chi connectivity index (χ4n) is 2.93. The van der Waals surface area contributed by atoms with E-state index in [0.717, 1.165) is 0 Å². The van der Waals surface area contributed by atoms with Gasteiger partial charge < -0.3 is 23.8 Å². The number of carbonyl (C=O) groups excluding carboxylic acids is 3. The van der Waals surface area contributed by atoms with Crippen LogP contribution in [0, 0.1) is 0 Å². The van der Waals surface area contributed by atoms with Crippen molar-refractivity contribution in [1.29, 1.82) is 0 Å². The molecule has 2 rings (SSSR count). The molecule has 1 saturated heterocycles. The number of hydrogen-bond acceptors (Lipinski definition) is 7. The topological polar surface area (TPSA) is 91.4 Å². The number of esters is 2. The molecule has 0 spiro atoms. The van der Waals surface area contributed by atoms with Gasteiger partial charge in [-0.1, -0.05) is 0 Å². The molecule has 0 saturated carbocycles. The van der Waals surface area contributed by atoms with Crippen LogP contribution in [0.4, 0.5) is 0 Å². The fraction of sp³-hybridized carbons (Fsp3) is 0.471. The molecule has 8 nitrogen and oxygen atoms in total. The minimum Gasteiger partial charge on any atom is -0.497 e. The van der Waals surface area contributed by atoms with Crippen molar-refractivity contribution in [3.63, 3.8) is 0 Å². The highest BCUT2D eigenvalue weighted by Crippen LogP contribution is 2.41. The number of methoxy groups -OCH3 is 2. The first-order chi connectivity index (χ1) is 11.8. The summed E-state index contributed by atoms with van der Waals surface area (Å²) in [5.41, 5.74) is 0.611. The van der Waals surface area contributed by atoms with E-state index in [-0.39, 0.29) is 0 Å². The van der Waals surface area contributed by atoms with Crippen molar-refractivity contribution in [2.75, 3.05) is 21.3 Å². The van der Waals surface area contributed by atoms with Crippen LogP contribution in [0.3, 0.4) is 0 Å². The van der Waals surface area contributed by atoms with E-state index < -0.39 is 36.1 Å². The maximum atomic E-state index is 12.5. The second-order valence-corrected chi connectivity index (χ2v) is 5.61. The molecule has 0 radical (unpaired) electrons. The van der Waals surface area contributed by atoms with Gasteiger partial charge in [0, 0.05) is 32.5 Å². The molecule has 3 atom stereocenters. The summed E-state index contributed by atoms with van der Waals surface area (Å²) < 4.78 is 21.0. The molecular formula is C17H21NO7. The monoisotopic (exact) mass is 351 g/mol. The molecule has 1 amide bonds. The van der Waals surface area contributed by atoms with Crippen LogP contribution < -0.4 is 9.47 Å². The summed E-state index contributed by atoms with van der Waals surface area (Å²) >= 11 is 0. The SMILES string of the molecule is COc1ccc([C@@H]2[C@H](OC(C)=O)[C@@H](OC(C)=O)C(=O)N2C)c(OC)c1. The number of hydrogen-bond donors (Lipinski definition) is 0. The number of likely N-dealkylation sites (N-methyl/N-ethyl adjacent to an activating group) is 1. The van der Waals surface area contributed by atoms with Crippen LogP contribution in [0.1, 0.15) is 25.5 Å². The third-order valence-electron chi connectivity index (χ3n) is 3.97. The van der Waals surface area contributed by atoms with Crippen molar-refractivity contribution in [2.45, 2.75) is 32.1 Å². The van der Waals surface area contributed by atoms with Gasteiger partial charge in [-0.25, -0.2) is 0 Å². The summed E-state index contributed by atoms with van der Waals surface area (Å²) in [4.78, 5) is 36.8. The Morgan fingerprint density at radius 3 is 2.20 bits per heavy atom. The number of likely N-dealkylation sites (tertiary alicyclic amines) is 1. The van der Waals surface area contributed by atoms with Crippen molar-refractivity contribution in [3.05, 3.63) is 23.8 Å². The molecule has 1 aromatic carbocycles. The van der Waals surface area contributed by atoms with Crippen LogP contribution in [0.2, 0.25) is 0 Å². The first-order valence-corrected chi connectivity index (χ1v) is 7.63. The third kappa shape index (κ3) is 3.67. The van der Waals surface area contributed by atoms with E-state index >= 15 is 0 Å². The zero-order chi connectivity index (χ0) is 18.7. The lowest BCUT2D eigenvalue weighted by atomic mass is 9.99. The molecule has 1 heterocycles. The average Bonchev–Trinajstić information content (AvgIpc) is 2.78. The van der Waals surface area contributed by atoms with E-state index in [1.54, 1.807) is 25.2 Å². The molecule has 1 aromatic rings. The fourth-order valence-corrected chi connectivity index (χ4v) is 2.93. The molecule has 136 valence electrons. The second-order valence-electron chi connectivity index (χ2n) is 5.61. The van der Waals surface area contributed by atoms with Crippen LogP contribution in [0.15, 0.2) is 18.2 Å². The Hall–Kier alpha value is -2.77. The Morgan fingerprint density at radius 1 is 1.04 bits per heavy atom. The van der Waals surface area contributed by atoms with Gasteiger partial charge in [0.2, 0.25) is 6.10 Å². The van der Waals surface area contributed by atoms with Gasteiger partial charge in [-0.3, -0.25) is 14.4 Å². The van der Waals surface area contributed by atoms with Crippen molar-refractivity contribution in [2.24, 2.45) is 0 Å². The van der Waals surface area contributed by atoms with E-state index in [1.165, 1.54) is 33.0 Å². The average molecular weight is 351 g/mol. The van der Waals surface area contributed by atoms with Crippen LogP contribution in [-0.2, 0) is 23.9 Å². The number of nitrogens with zero attached hydrogens (tertiary/aromatic N) is 1. The van der Waals surface area contributed by atoms with Crippen LogP contribution in [0.25, 0.3) is 0 Å². The lowest BCUT2D eigenvalue weighted by Crippen LogP contribution is -2.36. The molecule has 0 aliphatic carbocycles. The van der Waals surface area contributed by atoms with Crippen molar-refractivity contribution < 1.29 is 33.3 Å². The van der Waals surface area contributed by atoms with Gasteiger partial charge in [-0.05, 0) is 12.1 Å². The number of ether oxygens (including phenoxy) is 4. The predicted octanol–water partition coefficient (Wildman–Crippen LogP) is 1.08. The van der Waals surface area contributed by atoms with Gasteiger partial charge >= 0.3 is 11.9 Å². The van der Waals surface area contributed by atoms with Gasteiger partial charge in [0.15, 0.2) is 6.10 Å². The summed E-state index contributed by atoms with van der Waals surface area (Å²) in [7, 11) is 4.56. The first-order valence-electron chi connectivity index (χ1n) is 7.63. The summed E-state index contributed by atoms with van der Waals surface area (Å²) in [6.07, 6.45) is -2.19. The maximum Gasteiger partial charge on any atom is 0.303 e. The van der Waals surface area contributed by atoms with E-state index in [0.29, 0.717) is 17.1 Å². The normalized spacial score (nSPS) is 22.5. The lowest BCUT2D eigenvalue weighted by molar-refractivity contribution is -0.166. The Bertz CT molecular complexity index is 688. The van der Waals surface area contributed by atoms with Gasteiger partial charge in [0.05, 0.1) is 14.2 Å². The minimum absolute atomic E-state index is 0.454. The van der Waals surface area contributed by atoms with E-state index in [9.17, 15) is 14.4 Å². The van der Waals surface area contributed by atoms with E-state index in [4.69, 9.17) is 18.9 Å². The lowest BCUT2D eigenvalue weighted by Gasteiger charge is -2.26. The molecule has 0 bridgehead atoms. The number of amides is 1. The first kappa shape index (κ1) is 18.6. The van der Waals surface area contributed by atoms with Gasteiger partial charge in [0.25, 0.3) is 5.91 Å². The Balaban J connectivity index is 2.50.